The first kappa shape index (κ1) is 25.6. The molecule has 6 rings (SSSR count). The number of fused-ring (bicyclic) bond motifs is 1. The van der Waals surface area contributed by atoms with E-state index in [2.05, 4.69) is 10.2 Å². The first-order valence-corrected chi connectivity index (χ1v) is 14.2. The smallest absolute Gasteiger partial charge is 0.258 e. The van der Waals surface area contributed by atoms with Gasteiger partial charge in [0.25, 0.3) is 5.91 Å². The highest BCUT2D eigenvalue weighted by Gasteiger charge is 2.30. The topological polar surface area (TPSA) is 74.3 Å². The Balaban J connectivity index is 1.07. The van der Waals surface area contributed by atoms with E-state index in [0.717, 1.165) is 76.0 Å². The Hall–Kier alpha value is -2.68. The van der Waals surface area contributed by atoms with Gasteiger partial charge in [-0.2, -0.15) is 0 Å². The second kappa shape index (κ2) is 11.2. The van der Waals surface area contributed by atoms with Crippen molar-refractivity contribution < 1.29 is 23.8 Å². The van der Waals surface area contributed by atoms with E-state index in [4.69, 9.17) is 9.47 Å². The molecule has 0 aromatic heterocycles. The van der Waals surface area contributed by atoms with Crippen LogP contribution in [-0.2, 0) is 11.2 Å². The van der Waals surface area contributed by atoms with Gasteiger partial charge in [-0.15, -0.1) is 0 Å². The molecule has 0 radical (unpaired) electrons. The van der Waals surface area contributed by atoms with E-state index < -0.39 is 0 Å². The van der Waals surface area contributed by atoms with Gasteiger partial charge in [0.15, 0.2) is 0 Å². The average molecular weight is 524 g/mol. The lowest BCUT2D eigenvalue weighted by Crippen LogP contribution is -2.42. The Morgan fingerprint density at radius 2 is 1.89 bits per heavy atom. The van der Waals surface area contributed by atoms with Crippen LogP contribution in [0.2, 0.25) is 0 Å². The van der Waals surface area contributed by atoms with Gasteiger partial charge in [0.05, 0.1) is 17.9 Å². The molecule has 38 heavy (non-hydrogen) atoms. The maximum absolute atomic E-state index is 15.3. The summed E-state index contributed by atoms with van der Waals surface area (Å²) >= 11 is 0. The lowest BCUT2D eigenvalue weighted by molar-refractivity contribution is 0.0679. The van der Waals surface area contributed by atoms with E-state index in [1.54, 1.807) is 4.90 Å². The summed E-state index contributed by atoms with van der Waals surface area (Å²) in [5, 5.41) is 13.5. The predicted octanol–water partition coefficient (Wildman–Crippen LogP) is 4.06. The number of aliphatic hydroxyl groups is 1. The van der Waals surface area contributed by atoms with Gasteiger partial charge in [0.1, 0.15) is 18.2 Å². The summed E-state index contributed by atoms with van der Waals surface area (Å²) in [7, 11) is 0. The van der Waals surface area contributed by atoms with Crippen molar-refractivity contribution in [1.82, 2.24) is 5.32 Å². The van der Waals surface area contributed by atoms with Crippen LogP contribution in [0, 0.1) is 5.82 Å². The fourth-order valence-corrected chi connectivity index (χ4v) is 6.38. The third-order valence-corrected chi connectivity index (χ3v) is 8.56. The standard InChI is InChI=1S/C30H38FN3O4/c31-28-17-23(5-10-29(28)33-13-12-22(18-33)32-21-3-6-24(35)7-4-21)34-14-11-20-16-25(8-9-27(20)30(34)36)38-19-26-2-1-15-37-26/h5,8-10,16-17,21-22,24,26,32,35H,1-4,6-7,11-15,18-19H2/t21?,22?,24?,26-/m0/s1. The largest absolute Gasteiger partial charge is 0.491 e. The van der Waals surface area contributed by atoms with Crippen LogP contribution in [0.15, 0.2) is 36.4 Å². The Bertz CT molecular complexity index is 1150. The van der Waals surface area contributed by atoms with Crippen molar-refractivity contribution in [2.75, 3.05) is 42.6 Å². The van der Waals surface area contributed by atoms with Gasteiger partial charge in [0, 0.05) is 49.6 Å². The van der Waals surface area contributed by atoms with E-state index >= 15 is 4.39 Å². The zero-order valence-corrected chi connectivity index (χ0v) is 21.9. The normalized spacial score (nSPS) is 27.6. The second-order valence-electron chi connectivity index (χ2n) is 11.2. The maximum Gasteiger partial charge on any atom is 0.258 e. The summed E-state index contributed by atoms with van der Waals surface area (Å²) in [4.78, 5) is 17.1. The van der Waals surface area contributed by atoms with Crippen molar-refractivity contribution in [1.29, 1.82) is 0 Å². The lowest BCUT2D eigenvalue weighted by atomic mass is 9.92. The molecule has 1 saturated carbocycles. The highest BCUT2D eigenvalue weighted by molar-refractivity contribution is 6.08. The number of nitrogens with one attached hydrogen (secondary N) is 1. The number of carbonyl (C=O) groups is 1. The van der Waals surface area contributed by atoms with E-state index in [9.17, 15) is 9.90 Å². The minimum Gasteiger partial charge on any atom is -0.491 e. The van der Waals surface area contributed by atoms with Crippen LogP contribution in [0.25, 0.3) is 0 Å². The van der Waals surface area contributed by atoms with Crippen molar-refractivity contribution in [3.63, 3.8) is 0 Å². The molecule has 1 amide bonds. The van der Waals surface area contributed by atoms with Crippen molar-refractivity contribution in [3.8, 4) is 5.75 Å². The molecular formula is C30H38FN3O4. The molecular weight excluding hydrogens is 485 g/mol. The predicted molar refractivity (Wildman–Crippen MR) is 145 cm³/mol. The molecule has 3 heterocycles. The van der Waals surface area contributed by atoms with E-state index in [1.165, 1.54) is 6.07 Å². The molecule has 0 bridgehead atoms. The van der Waals surface area contributed by atoms with E-state index in [-0.39, 0.29) is 23.9 Å². The summed E-state index contributed by atoms with van der Waals surface area (Å²) in [6.07, 6.45) is 7.46. The Morgan fingerprint density at radius 3 is 2.68 bits per heavy atom. The van der Waals surface area contributed by atoms with Gasteiger partial charge < -0.3 is 29.7 Å². The third-order valence-electron chi connectivity index (χ3n) is 8.56. The molecule has 2 aromatic rings. The summed E-state index contributed by atoms with van der Waals surface area (Å²) < 4.78 is 26.9. The number of rotatable bonds is 7. The minimum absolute atomic E-state index is 0.105. The van der Waals surface area contributed by atoms with Gasteiger partial charge in [-0.3, -0.25) is 4.79 Å². The lowest BCUT2D eigenvalue weighted by Gasteiger charge is -2.30. The molecule has 7 nitrogen and oxygen atoms in total. The summed E-state index contributed by atoms with van der Waals surface area (Å²) in [6, 6.07) is 11.6. The number of halogens is 1. The molecule has 2 N–H and O–H groups in total. The van der Waals surface area contributed by atoms with Crippen LogP contribution in [0.5, 0.6) is 5.75 Å². The number of nitrogens with zero attached hydrogens (tertiary/aromatic N) is 2. The first-order chi connectivity index (χ1) is 18.5. The minimum atomic E-state index is -0.291. The summed E-state index contributed by atoms with van der Waals surface area (Å²) in [5.41, 5.74) is 2.80. The zero-order chi connectivity index (χ0) is 26.1. The Labute approximate surface area is 223 Å². The Kier molecular flexibility index (Phi) is 7.54. The van der Waals surface area contributed by atoms with Crippen molar-refractivity contribution in [3.05, 3.63) is 53.3 Å². The maximum atomic E-state index is 15.3. The molecule has 2 saturated heterocycles. The van der Waals surface area contributed by atoms with Crippen LogP contribution >= 0.6 is 0 Å². The number of ether oxygens (including phenoxy) is 2. The second-order valence-corrected chi connectivity index (χ2v) is 11.2. The number of benzene rings is 2. The van der Waals surface area contributed by atoms with Gasteiger partial charge in [-0.05, 0) is 93.3 Å². The summed E-state index contributed by atoms with van der Waals surface area (Å²) in [6.45, 7) is 3.40. The van der Waals surface area contributed by atoms with E-state index in [0.29, 0.717) is 48.6 Å². The molecule has 4 aliphatic rings. The molecule has 1 unspecified atom stereocenters. The molecule has 204 valence electrons. The number of aliphatic hydroxyl groups excluding tert-OH is 1. The molecule has 8 heteroatoms. The van der Waals surface area contributed by atoms with Gasteiger partial charge in [-0.1, -0.05) is 0 Å². The number of anilines is 2. The first-order valence-electron chi connectivity index (χ1n) is 14.2. The van der Waals surface area contributed by atoms with Crippen LogP contribution in [0.4, 0.5) is 15.8 Å². The van der Waals surface area contributed by atoms with Gasteiger partial charge >= 0.3 is 0 Å². The van der Waals surface area contributed by atoms with Crippen molar-refractivity contribution >= 4 is 17.3 Å². The molecule has 2 aromatic carbocycles. The average Bonchev–Trinajstić information content (AvgIpc) is 3.61. The van der Waals surface area contributed by atoms with Crippen LogP contribution in [0.1, 0.15) is 60.9 Å². The third kappa shape index (κ3) is 5.53. The highest BCUT2D eigenvalue weighted by atomic mass is 19.1. The molecule has 1 aliphatic carbocycles. The van der Waals surface area contributed by atoms with E-state index in [1.807, 2.05) is 30.3 Å². The Morgan fingerprint density at radius 1 is 1.03 bits per heavy atom. The number of carbonyl (C=O) groups excluding carboxylic acids is 1. The molecule has 2 atom stereocenters. The number of hydrogen-bond acceptors (Lipinski definition) is 6. The fourth-order valence-electron chi connectivity index (χ4n) is 6.38. The van der Waals surface area contributed by atoms with Crippen LogP contribution < -0.4 is 19.9 Å². The van der Waals surface area contributed by atoms with Crippen LogP contribution in [0.3, 0.4) is 0 Å². The highest BCUT2D eigenvalue weighted by Crippen LogP contribution is 2.32. The fraction of sp³-hybridized carbons (Fsp3) is 0.567. The molecule has 3 aliphatic heterocycles. The quantitative estimate of drug-likeness (QED) is 0.570. The molecule has 3 fully saturated rings. The SMILES string of the molecule is O=C1c2ccc(OC[C@@H]3CCCO3)cc2CCN1c1ccc(N2CCC(NC3CCC(O)CC3)C2)c(F)c1. The van der Waals surface area contributed by atoms with Crippen molar-refractivity contribution in [2.24, 2.45) is 0 Å². The zero-order valence-electron chi connectivity index (χ0n) is 21.9. The van der Waals surface area contributed by atoms with Crippen LogP contribution in [-0.4, -0.2) is 68.2 Å². The molecule has 0 spiro atoms. The van der Waals surface area contributed by atoms with Gasteiger partial charge in [-0.25, -0.2) is 4.39 Å². The monoisotopic (exact) mass is 523 g/mol. The van der Waals surface area contributed by atoms with Gasteiger partial charge in [0.2, 0.25) is 0 Å². The summed E-state index contributed by atoms with van der Waals surface area (Å²) in [5.74, 6) is 0.364. The number of amides is 1. The number of hydrogen-bond donors (Lipinski definition) is 2. The van der Waals surface area contributed by atoms with Crippen molar-refractivity contribution in [2.45, 2.75) is 75.7 Å².